The molecule has 1 aliphatic heterocycles. The smallest absolute Gasteiger partial charge is 0.340 e. The Morgan fingerprint density at radius 3 is 2.33 bits per heavy atom. The Kier molecular flexibility index (Phi) is 4.25. The fourth-order valence-electron chi connectivity index (χ4n) is 3.11. The van der Waals surface area contributed by atoms with Crippen LogP contribution in [0.5, 0.6) is 0 Å². The first kappa shape index (κ1) is 17.7. The predicted molar refractivity (Wildman–Crippen MR) is 92.7 cm³/mol. The molecule has 4 rings (SSSR count). The molecular weight excluding hydrogens is 357 g/mol. The topological polar surface area (TPSA) is 35.5 Å². The Bertz CT molecular complexity index is 910. The third kappa shape index (κ3) is 3.59. The average Bonchev–Trinajstić information content (AvgIpc) is 3.08. The molecule has 0 amide bonds. The van der Waals surface area contributed by atoms with E-state index in [1.807, 2.05) is 12.1 Å². The van der Waals surface area contributed by atoms with E-state index in [4.69, 9.17) is 9.47 Å². The summed E-state index contributed by atoms with van der Waals surface area (Å²) in [6.45, 7) is 0.311. The number of carbonyl (C=O) groups is 1. The monoisotopic (exact) mass is 372 g/mol. The zero-order chi connectivity index (χ0) is 19.1. The minimum Gasteiger partial charge on any atom is -0.340 e. The van der Waals surface area contributed by atoms with Crippen molar-refractivity contribution in [2.45, 2.75) is 18.1 Å². The van der Waals surface area contributed by atoms with Gasteiger partial charge < -0.3 is 9.47 Å². The minimum atomic E-state index is -4.37. The molecule has 1 atom stereocenters. The number of hydrogen-bond donors (Lipinski definition) is 0. The van der Waals surface area contributed by atoms with E-state index in [2.05, 4.69) is 0 Å². The van der Waals surface area contributed by atoms with Crippen LogP contribution >= 0.6 is 0 Å². The van der Waals surface area contributed by atoms with Crippen molar-refractivity contribution in [3.63, 3.8) is 0 Å². The quantitative estimate of drug-likeness (QED) is 0.756. The highest BCUT2D eigenvalue weighted by Gasteiger charge is 2.39. The Morgan fingerprint density at radius 2 is 1.67 bits per heavy atom. The maximum Gasteiger partial charge on any atom is 0.416 e. The van der Waals surface area contributed by atoms with Gasteiger partial charge in [0.25, 0.3) is 0 Å². The van der Waals surface area contributed by atoms with Crippen molar-refractivity contribution < 1.29 is 27.4 Å². The van der Waals surface area contributed by atoms with Crippen molar-refractivity contribution in [1.29, 1.82) is 0 Å². The summed E-state index contributed by atoms with van der Waals surface area (Å²) >= 11 is 0. The molecule has 2 aromatic carbocycles. The van der Waals surface area contributed by atoms with Gasteiger partial charge in [-0.1, -0.05) is 36.4 Å². The molecule has 0 aromatic heterocycles. The first-order valence-corrected chi connectivity index (χ1v) is 8.36. The lowest BCUT2D eigenvalue weighted by molar-refractivity contribution is -0.137. The van der Waals surface area contributed by atoms with Crippen LogP contribution in [0.1, 0.15) is 17.2 Å². The van der Waals surface area contributed by atoms with Crippen LogP contribution in [0.2, 0.25) is 0 Å². The maximum atomic E-state index is 12.9. The normalized spacial score (nSPS) is 21.1. The molecule has 0 bridgehead atoms. The van der Waals surface area contributed by atoms with Crippen LogP contribution in [-0.2, 0) is 20.4 Å². The second-order valence-corrected chi connectivity index (χ2v) is 6.41. The summed E-state index contributed by atoms with van der Waals surface area (Å²) < 4.78 is 50.3. The van der Waals surface area contributed by atoms with Gasteiger partial charge in [0.05, 0.1) is 12.2 Å². The number of rotatable bonds is 2. The fourth-order valence-corrected chi connectivity index (χ4v) is 3.11. The zero-order valence-corrected chi connectivity index (χ0v) is 14.1. The van der Waals surface area contributed by atoms with Crippen LogP contribution in [0.25, 0.3) is 11.1 Å². The van der Waals surface area contributed by atoms with Crippen molar-refractivity contribution in [2.24, 2.45) is 0 Å². The van der Waals surface area contributed by atoms with Gasteiger partial charge in [-0.3, -0.25) is 4.79 Å². The molecule has 1 saturated heterocycles. The summed E-state index contributed by atoms with van der Waals surface area (Å²) in [5.41, 5.74) is 1.35. The Balaban J connectivity index is 1.53. The van der Waals surface area contributed by atoms with Gasteiger partial charge in [-0.15, -0.1) is 0 Å². The van der Waals surface area contributed by atoms with Crippen molar-refractivity contribution in [3.8, 4) is 11.1 Å². The maximum absolute atomic E-state index is 12.9. The van der Waals surface area contributed by atoms with Gasteiger partial charge in [0.2, 0.25) is 5.79 Å². The molecule has 6 heteroatoms. The molecule has 1 aliphatic carbocycles. The molecule has 1 spiro atoms. The van der Waals surface area contributed by atoms with Gasteiger partial charge in [-0.25, -0.2) is 0 Å². The molecular formula is C21H15F3O3. The first-order valence-electron chi connectivity index (χ1n) is 8.36. The highest BCUT2D eigenvalue weighted by molar-refractivity contribution is 6.00. The van der Waals surface area contributed by atoms with Crippen molar-refractivity contribution in [1.82, 2.24) is 0 Å². The standard InChI is InChI=1S/C21H15F3O3/c22-21(23,24)17-3-1-2-16(12-17)14-4-6-15(7-5-14)19-13-26-20(27-19)10-8-18(25)9-11-20/h1-12,19H,13H2. The summed E-state index contributed by atoms with van der Waals surface area (Å²) in [5, 5.41) is 0. The van der Waals surface area contributed by atoms with E-state index in [1.54, 1.807) is 30.4 Å². The number of carbonyl (C=O) groups excluding carboxylic acids is 1. The molecule has 0 radical (unpaired) electrons. The molecule has 1 unspecified atom stereocenters. The van der Waals surface area contributed by atoms with Crippen molar-refractivity contribution in [3.05, 3.63) is 84.0 Å². The van der Waals surface area contributed by atoms with E-state index in [-0.39, 0.29) is 11.9 Å². The lowest BCUT2D eigenvalue weighted by Crippen LogP contribution is -2.27. The highest BCUT2D eigenvalue weighted by atomic mass is 19.4. The third-order valence-electron chi connectivity index (χ3n) is 4.55. The second kappa shape index (κ2) is 6.48. The van der Waals surface area contributed by atoms with Crippen molar-refractivity contribution in [2.75, 3.05) is 6.61 Å². The molecule has 2 aliphatic rings. The molecule has 0 saturated carbocycles. The van der Waals surface area contributed by atoms with Crippen molar-refractivity contribution >= 4 is 5.78 Å². The Morgan fingerprint density at radius 1 is 0.963 bits per heavy atom. The van der Waals surface area contributed by atoms with E-state index in [0.717, 1.165) is 17.7 Å². The van der Waals surface area contributed by atoms with E-state index in [0.29, 0.717) is 17.7 Å². The SMILES string of the molecule is O=C1C=CC2(C=C1)OCC(c1ccc(-c3cccc(C(F)(F)F)c3)cc1)O2. The zero-order valence-electron chi connectivity index (χ0n) is 14.1. The largest absolute Gasteiger partial charge is 0.416 e. The predicted octanol–water partition coefficient (Wildman–Crippen LogP) is 4.85. The molecule has 1 fully saturated rings. The molecule has 138 valence electrons. The van der Waals surface area contributed by atoms with Crippen LogP contribution in [0, 0.1) is 0 Å². The van der Waals surface area contributed by atoms with E-state index >= 15 is 0 Å². The van der Waals surface area contributed by atoms with Gasteiger partial charge in [-0.05, 0) is 53.1 Å². The molecule has 1 heterocycles. The molecule has 27 heavy (non-hydrogen) atoms. The number of halogens is 3. The van der Waals surface area contributed by atoms with Crippen LogP contribution in [0.3, 0.4) is 0 Å². The summed E-state index contributed by atoms with van der Waals surface area (Å²) in [6.07, 6.45) is 1.25. The van der Waals surface area contributed by atoms with E-state index in [9.17, 15) is 18.0 Å². The second-order valence-electron chi connectivity index (χ2n) is 6.41. The minimum absolute atomic E-state index is 0.123. The average molecular weight is 372 g/mol. The summed E-state index contributed by atoms with van der Waals surface area (Å²) in [5.74, 6) is -1.15. The number of allylic oxidation sites excluding steroid dienone is 2. The van der Waals surface area contributed by atoms with Gasteiger partial charge in [0.15, 0.2) is 5.78 Å². The first-order chi connectivity index (χ1) is 12.8. The van der Waals surface area contributed by atoms with Crippen LogP contribution in [-0.4, -0.2) is 18.2 Å². The van der Waals surface area contributed by atoms with Crippen LogP contribution in [0.15, 0.2) is 72.8 Å². The van der Waals surface area contributed by atoms with E-state index < -0.39 is 17.5 Å². The van der Waals surface area contributed by atoms with Gasteiger partial charge in [0, 0.05) is 0 Å². The fraction of sp³-hybridized carbons (Fsp3) is 0.190. The van der Waals surface area contributed by atoms with Gasteiger partial charge >= 0.3 is 6.18 Å². The number of ether oxygens (including phenoxy) is 2. The lowest BCUT2D eigenvalue weighted by Gasteiger charge is -2.22. The summed E-state index contributed by atoms with van der Waals surface area (Å²) in [4.78, 5) is 11.3. The van der Waals surface area contributed by atoms with Gasteiger partial charge in [-0.2, -0.15) is 13.2 Å². The van der Waals surface area contributed by atoms with E-state index in [1.165, 1.54) is 18.2 Å². The number of alkyl halides is 3. The number of hydrogen-bond acceptors (Lipinski definition) is 3. The number of benzene rings is 2. The van der Waals surface area contributed by atoms with Gasteiger partial charge in [0.1, 0.15) is 6.10 Å². The lowest BCUT2D eigenvalue weighted by atomic mass is 10.00. The van der Waals surface area contributed by atoms with Crippen LogP contribution in [0.4, 0.5) is 13.2 Å². The third-order valence-corrected chi connectivity index (χ3v) is 4.55. The Labute approximate surface area is 153 Å². The highest BCUT2D eigenvalue weighted by Crippen LogP contribution is 2.37. The van der Waals surface area contributed by atoms with Crippen LogP contribution < -0.4 is 0 Å². The summed E-state index contributed by atoms with van der Waals surface area (Å²) in [7, 11) is 0. The molecule has 3 nitrogen and oxygen atoms in total. The molecule has 2 aromatic rings. The summed E-state index contributed by atoms with van der Waals surface area (Å²) in [6, 6.07) is 12.4. The molecule has 0 N–H and O–H groups in total. The Hall–Kier alpha value is -2.70. The number of ketones is 1.